The molecule has 2 rings (SSSR count). The van der Waals surface area contributed by atoms with E-state index in [9.17, 15) is 14.4 Å². The molecule has 1 atom stereocenters. The first-order chi connectivity index (χ1) is 12.4. The van der Waals surface area contributed by atoms with Gasteiger partial charge in [-0.25, -0.2) is 9.78 Å². The lowest BCUT2D eigenvalue weighted by Gasteiger charge is -2.16. The minimum atomic E-state index is -0.978. The van der Waals surface area contributed by atoms with E-state index in [-0.39, 0.29) is 16.6 Å². The number of anilines is 2. The molecule has 7 nitrogen and oxygen atoms in total. The van der Waals surface area contributed by atoms with Crippen molar-refractivity contribution in [1.29, 1.82) is 0 Å². The number of hydrogen-bond donors (Lipinski definition) is 2. The van der Waals surface area contributed by atoms with Crippen molar-refractivity contribution in [2.24, 2.45) is 0 Å². The van der Waals surface area contributed by atoms with E-state index < -0.39 is 18.0 Å². The molecule has 1 aromatic carbocycles. The minimum absolute atomic E-state index is 0.0151. The predicted octanol–water partition coefficient (Wildman–Crippen LogP) is 3.27. The lowest BCUT2D eigenvalue weighted by atomic mass is 10.2. The van der Waals surface area contributed by atoms with Crippen LogP contribution in [-0.2, 0) is 14.3 Å². The zero-order chi connectivity index (χ0) is 19.1. The number of ether oxygens (including phenoxy) is 1. The quantitative estimate of drug-likeness (QED) is 0.596. The second-order valence-electron chi connectivity index (χ2n) is 5.39. The molecule has 1 aromatic heterocycles. The third kappa shape index (κ3) is 5.29. The molecule has 0 bridgehead atoms. The maximum absolute atomic E-state index is 12.4. The number of hydrogen-bond acceptors (Lipinski definition) is 5. The second kappa shape index (κ2) is 8.96. The van der Waals surface area contributed by atoms with Gasteiger partial charge in [0, 0.05) is 24.5 Å². The molecule has 0 radical (unpaired) electrons. The van der Waals surface area contributed by atoms with Gasteiger partial charge in [0.2, 0.25) is 5.91 Å². The van der Waals surface area contributed by atoms with Crippen LogP contribution < -0.4 is 10.6 Å². The predicted molar refractivity (Wildman–Crippen MR) is 98.1 cm³/mol. The van der Waals surface area contributed by atoms with E-state index in [1.165, 1.54) is 19.2 Å². The van der Waals surface area contributed by atoms with E-state index in [2.05, 4.69) is 15.6 Å². The van der Waals surface area contributed by atoms with Crippen molar-refractivity contribution < 1.29 is 19.1 Å². The largest absolute Gasteiger partial charge is 0.449 e. The molecule has 1 unspecified atom stereocenters. The maximum Gasteiger partial charge on any atom is 0.342 e. The number of halogens is 1. The first-order valence-corrected chi connectivity index (χ1v) is 8.28. The second-order valence-corrected chi connectivity index (χ2v) is 5.75. The first-order valence-electron chi connectivity index (χ1n) is 7.90. The molecule has 0 aliphatic carbocycles. The van der Waals surface area contributed by atoms with Crippen LogP contribution in [0.5, 0.6) is 0 Å². The smallest absolute Gasteiger partial charge is 0.342 e. The Morgan fingerprint density at radius 1 is 1.12 bits per heavy atom. The van der Waals surface area contributed by atoms with Crippen molar-refractivity contribution in [3.8, 4) is 0 Å². The number of nitrogens with one attached hydrogen (secondary N) is 2. The highest BCUT2D eigenvalue weighted by Crippen LogP contribution is 2.17. The number of benzene rings is 1. The Morgan fingerprint density at radius 3 is 2.27 bits per heavy atom. The minimum Gasteiger partial charge on any atom is -0.449 e. The van der Waals surface area contributed by atoms with Gasteiger partial charge in [0.15, 0.2) is 6.10 Å². The van der Waals surface area contributed by atoms with Crippen LogP contribution >= 0.6 is 11.6 Å². The van der Waals surface area contributed by atoms with Gasteiger partial charge in [-0.1, -0.05) is 18.5 Å². The molecule has 2 aromatic rings. The Labute approximate surface area is 155 Å². The SMILES string of the molecule is CCC(OC(=O)c1cccnc1Cl)C(=O)Nc1ccc(NC(C)=O)cc1. The molecule has 2 N–H and O–H groups in total. The summed E-state index contributed by atoms with van der Waals surface area (Å²) in [5.74, 6) is -1.37. The van der Waals surface area contributed by atoms with Crippen molar-refractivity contribution in [2.45, 2.75) is 26.4 Å². The lowest BCUT2D eigenvalue weighted by Crippen LogP contribution is -2.32. The summed E-state index contributed by atoms with van der Waals surface area (Å²) in [6, 6.07) is 9.60. The fourth-order valence-corrected chi connectivity index (χ4v) is 2.31. The summed E-state index contributed by atoms with van der Waals surface area (Å²) in [5, 5.41) is 5.31. The molecule has 0 aliphatic heterocycles. The van der Waals surface area contributed by atoms with E-state index in [0.29, 0.717) is 17.8 Å². The molecule has 0 spiro atoms. The summed E-state index contributed by atoms with van der Waals surface area (Å²) < 4.78 is 5.24. The number of carbonyl (C=O) groups excluding carboxylic acids is 3. The number of pyridine rings is 1. The number of nitrogens with zero attached hydrogens (tertiary/aromatic N) is 1. The Balaban J connectivity index is 2.01. The molecule has 1 heterocycles. The summed E-state index contributed by atoms with van der Waals surface area (Å²) in [7, 11) is 0. The zero-order valence-electron chi connectivity index (χ0n) is 14.3. The van der Waals surface area contributed by atoms with Crippen molar-refractivity contribution in [3.63, 3.8) is 0 Å². The van der Waals surface area contributed by atoms with Crippen molar-refractivity contribution >= 4 is 40.8 Å². The van der Waals surface area contributed by atoms with E-state index in [1.54, 1.807) is 37.3 Å². The van der Waals surface area contributed by atoms with Gasteiger partial charge in [0.1, 0.15) is 5.15 Å². The van der Waals surface area contributed by atoms with E-state index in [1.807, 2.05) is 0 Å². The first kappa shape index (κ1) is 19.4. The van der Waals surface area contributed by atoms with Crippen LogP contribution in [0.25, 0.3) is 0 Å². The molecule has 0 saturated heterocycles. The Bertz CT molecular complexity index is 808. The fraction of sp³-hybridized carbons (Fsp3) is 0.222. The summed E-state index contributed by atoms with van der Waals surface area (Å²) in [6.07, 6.45) is 0.765. The van der Waals surface area contributed by atoms with Crippen molar-refractivity contribution in [3.05, 3.63) is 53.3 Å². The van der Waals surface area contributed by atoms with Crippen LogP contribution in [0.15, 0.2) is 42.6 Å². The van der Waals surface area contributed by atoms with Crippen LogP contribution in [0.3, 0.4) is 0 Å². The zero-order valence-corrected chi connectivity index (χ0v) is 15.0. The highest BCUT2D eigenvalue weighted by Gasteiger charge is 2.23. The van der Waals surface area contributed by atoms with E-state index in [4.69, 9.17) is 16.3 Å². The molecule has 0 aliphatic rings. The molecule has 136 valence electrons. The molecule has 2 amide bonds. The maximum atomic E-state index is 12.4. The highest BCUT2D eigenvalue weighted by molar-refractivity contribution is 6.32. The summed E-state index contributed by atoms with van der Waals surface area (Å²) in [5.41, 5.74) is 1.22. The van der Waals surface area contributed by atoms with Crippen molar-refractivity contribution in [2.75, 3.05) is 10.6 Å². The summed E-state index contributed by atoms with van der Waals surface area (Å²) >= 11 is 5.86. The number of amides is 2. The van der Waals surface area contributed by atoms with Gasteiger partial charge in [-0.2, -0.15) is 0 Å². The lowest BCUT2D eigenvalue weighted by molar-refractivity contribution is -0.124. The Kier molecular flexibility index (Phi) is 6.68. The monoisotopic (exact) mass is 375 g/mol. The Hall–Kier alpha value is -2.93. The van der Waals surface area contributed by atoms with Gasteiger partial charge < -0.3 is 15.4 Å². The molecular weight excluding hydrogens is 358 g/mol. The van der Waals surface area contributed by atoms with E-state index >= 15 is 0 Å². The molecule has 0 fully saturated rings. The van der Waals surface area contributed by atoms with E-state index in [0.717, 1.165) is 0 Å². The number of carbonyl (C=O) groups is 3. The van der Waals surface area contributed by atoms with Crippen LogP contribution in [0.1, 0.15) is 30.6 Å². The number of rotatable bonds is 6. The normalized spacial score (nSPS) is 11.3. The molecule has 0 saturated carbocycles. The summed E-state index contributed by atoms with van der Waals surface area (Å²) in [6.45, 7) is 3.13. The van der Waals surface area contributed by atoms with Crippen molar-refractivity contribution in [1.82, 2.24) is 4.98 Å². The molecule has 8 heteroatoms. The highest BCUT2D eigenvalue weighted by atomic mass is 35.5. The van der Waals surface area contributed by atoms with Gasteiger partial charge in [-0.3, -0.25) is 9.59 Å². The van der Waals surface area contributed by atoms with Crippen LogP contribution in [-0.4, -0.2) is 28.9 Å². The Morgan fingerprint density at radius 2 is 1.73 bits per heavy atom. The van der Waals surface area contributed by atoms with Gasteiger partial charge in [-0.05, 0) is 42.8 Å². The third-order valence-corrected chi connectivity index (χ3v) is 3.67. The van der Waals surface area contributed by atoms with Crippen LogP contribution in [0, 0.1) is 0 Å². The topological polar surface area (TPSA) is 97.4 Å². The van der Waals surface area contributed by atoms with Crippen LogP contribution in [0.2, 0.25) is 5.15 Å². The average molecular weight is 376 g/mol. The summed E-state index contributed by atoms with van der Waals surface area (Å²) in [4.78, 5) is 39.3. The van der Waals surface area contributed by atoms with Gasteiger partial charge in [0.05, 0.1) is 5.56 Å². The van der Waals surface area contributed by atoms with Crippen LogP contribution in [0.4, 0.5) is 11.4 Å². The average Bonchev–Trinajstić information content (AvgIpc) is 2.61. The van der Waals surface area contributed by atoms with Gasteiger partial charge in [-0.15, -0.1) is 0 Å². The standard InChI is InChI=1S/C18H18ClN3O4/c1-3-15(26-18(25)14-5-4-10-20-16(14)19)17(24)22-13-8-6-12(7-9-13)21-11(2)23/h4-10,15H,3H2,1-2H3,(H,21,23)(H,22,24). The number of esters is 1. The number of aromatic nitrogens is 1. The fourth-order valence-electron chi connectivity index (χ4n) is 2.12. The molecule has 26 heavy (non-hydrogen) atoms. The van der Waals surface area contributed by atoms with Gasteiger partial charge >= 0.3 is 5.97 Å². The van der Waals surface area contributed by atoms with Gasteiger partial charge in [0.25, 0.3) is 5.91 Å². The molecular formula is C18H18ClN3O4. The third-order valence-electron chi connectivity index (χ3n) is 3.36.